The molecule has 0 spiro atoms. The standard InChI is InChI=1S/C31H27N2O/c1-18-15-19(2)28-29-30(24-14-10-9-13-23(24)21(4)32-29)34-31(28)27(18)26-16-25(20(3)17-33(26)5)22-11-7-6-8-12-22/h6-17H,1-5H3/q+1/i2D3,3D3. The SMILES string of the molecule is [2H]C([2H])([2H])c1c[n+](C)c(-c2c(C)cc(C([2H])([2H])[2H])c3c2oc2c4ccccc4c(C)nc23)cc1-c1ccccc1. The minimum Gasteiger partial charge on any atom is -0.453 e. The predicted octanol–water partition coefficient (Wildman–Crippen LogP) is 7.53. The molecule has 3 heterocycles. The van der Waals surface area contributed by atoms with Crippen molar-refractivity contribution >= 4 is 32.8 Å². The van der Waals surface area contributed by atoms with Crippen molar-refractivity contribution in [2.45, 2.75) is 27.6 Å². The molecule has 0 saturated carbocycles. The van der Waals surface area contributed by atoms with Crippen molar-refractivity contribution in [1.29, 1.82) is 0 Å². The van der Waals surface area contributed by atoms with Crippen molar-refractivity contribution in [3.63, 3.8) is 0 Å². The van der Waals surface area contributed by atoms with Crippen molar-refractivity contribution in [1.82, 2.24) is 4.98 Å². The zero-order valence-electron chi connectivity index (χ0n) is 25.2. The number of fused-ring (bicyclic) bond motifs is 5. The molecule has 0 N–H and O–H groups in total. The van der Waals surface area contributed by atoms with Crippen LogP contribution in [0.3, 0.4) is 0 Å². The third-order valence-corrected chi connectivity index (χ3v) is 6.59. The predicted molar refractivity (Wildman–Crippen MR) is 140 cm³/mol. The van der Waals surface area contributed by atoms with Gasteiger partial charge in [0.1, 0.15) is 12.6 Å². The average molecular weight is 450 g/mol. The van der Waals surface area contributed by atoms with Crippen LogP contribution in [0.5, 0.6) is 0 Å². The summed E-state index contributed by atoms with van der Waals surface area (Å²) in [6.07, 6.45) is 1.63. The lowest BCUT2D eigenvalue weighted by Crippen LogP contribution is -2.31. The first kappa shape index (κ1) is 15.0. The van der Waals surface area contributed by atoms with Crippen LogP contribution in [0.4, 0.5) is 0 Å². The highest BCUT2D eigenvalue weighted by Gasteiger charge is 2.25. The first-order valence-corrected chi connectivity index (χ1v) is 11.2. The summed E-state index contributed by atoms with van der Waals surface area (Å²) < 4.78 is 58.0. The number of rotatable bonds is 2. The summed E-state index contributed by atoms with van der Waals surface area (Å²) in [4.78, 5) is 4.84. The van der Waals surface area contributed by atoms with E-state index < -0.39 is 13.7 Å². The van der Waals surface area contributed by atoms with E-state index >= 15 is 0 Å². The lowest BCUT2D eigenvalue weighted by Gasteiger charge is -2.11. The van der Waals surface area contributed by atoms with Crippen molar-refractivity contribution in [2.24, 2.45) is 7.05 Å². The second-order valence-electron chi connectivity index (χ2n) is 8.81. The number of hydrogen-bond donors (Lipinski definition) is 0. The van der Waals surface area contributed by atoms with Crippen LogP contribution in [-0.2, 0) is 7.05 Å². The summed E-state index contributed by atoms with van der Waals surface area (Å²) in [7, 11) is 1.79. The zero-order valence-corrected chi connectivity index (χ0v) is 19.2. The van der Waals surface area contributed by atoms with E-state index in [4.69, 9.17) is 17.6 Å². The molecule has 0 bridgehead atoms. The van der Waals surface area contributed by atoms with E-state index in [9.17, 15) is 0 Å². The van der Waals surface area contributed by atoms with Crippen molar-refractivity contribution in [3.05, 3.63) is 95.3 Å². The maximum atomic E-state index is 8.34. The van der Waals surface area contributed by atoms with Crippen LogP contribution in [0.15, 0.2) is 77.3 Å². The van der Waals surface area contributed by atoms with E-state index in [1.807, 2.05) is 74.5 Å². The summed E-state index contributed by atoms with van der Waals surface area (Å²) in [5, 5.41) is 2.24. The van der Waals surface area contributed by atoms with Gasteiger partial charge in [-0.25, -0.2) is 9.55 Å². The molecular formula is C31H27N2O+. The van der Waals surface area contributed by atoms with Crippen molar-refractivity contribution in [2.75, 3.05) is 0 Å². The van der Waals surface area contributed by atoms with Gasteiger partial charge in [-0.1, -0.05) is 60.7 Å². The highest BCUT2D eigenvalue weighted by Crippen LogP contribution is 2.41. The van der Waals surface area contributed by atoms with Crippen LogP contribution in [-0.4, -0.2) is 4.98 Å². The molecule has 0 unspecified atom stereocenters. The van der Waals surface area contributed by atoms with Gasteiger partial charge in [0.25, 0.3) is 0 Å². The average Bonchev–Trinajstić information content (AvgIpc) is 3.27. The van der Waals surface area contributed by atoms with Gasteiger partial charge < -0.3 is 4.42 Å². The van der Waals surface area contributed by atoms with Gasteiger partial charge in [0, 0.05) is 36.3 Å². The van der Waals surface area contributed by atoms with Crippen molar-refractivity contribution < 1.29 is 17.2 Å². The van der Waals surface area contributed by atoms with E-state index in [2.05, 4.69) is 0 Å². The Bertz CT molecular complexity index is 1950. The van der Waals surface area contributed by atoms with Gasteiger partial charge in [-0.05, 0) is 49.8 Å². The van der Waals surface area contributed by atoms with Gasteiger partial charge in [0.05, 0.1) is 10.9 Å². The molecule has 6 rings (SSSR count). The summed E-state index contributed by atoms with van der Waals surface area (Å²) >= 11 is 0. The summed E-state index contributed by atoms with van der Waals surface area (Å²) in [5.74, 6) is 0. The molecule has 3 aromatic carbocycles. The molecule has 0 aliphatic heterocycles. The number of benzene rings is 3. The van der Waals surface area contributed by atoms with E-state index in [0.717, 1.165) is 22.0 Å². The van der Waals surface area contributed by atoms with Gasteiger partial charge in [0.2, 0.25) is 5.69 Å². The summed E-state index contributed by atoms with van der Waals surface area (Å²) in [6, 6.07) is 20.7. The quantitative estimate of drug-likeness (QED) is 0.256. The number of aromatic nitrogens is 2. The maximum Gasteiger partial charge on any atom is 0.216 e. The third kappa shape index (κ3) is 2.97. The molecule has 0 saturated heterocycles. The van der Waals surface area contributed by atoms with Crippen LogP contribution in [0.25, 0.3) is 55.2 Å². The Morgan fingerprint density at radius 3 is 2.32 bits per heavy atom. The molecule has 0 amide bonds. The number of hydrogen-bond acceptors (Lipinski definition) is 2. The van der Waals surface area contributed by atoms with Crippen LogP contribution in [0.2, 0.25) is 0 Å². The number of nitrogens with zero attached hydrogens (tertiary/aromatic N) is 2. The Morgan fingerprint density at radius 1 is 0.824 bits per heavy atom. The number of aryl methyl sites for hydroxylation is 5. The summed E-state index contributed by atoms with van der Waals surface area (Å²) in [5.41, 5.74) is 6.08. The maximum absolute atomic E-state index is 8.34. The molecule has 34 heavy (non-hydrogen) atoms. The van der Waals surface area contributed by atoms with Crippen LogP contribution < -0.4 is 4.57 Å². The first-order chi connectivity index (χ1) is 18.9. The molecule has 0 fully saturated rings. The third-order valence-electron chi connectivity index (χ3n) is 6.59. The van der Waals surface area contributed by atoms with Crippen LogP contribution >= 0.6 is 0 Å². The largest absolute Gasteiger partial charge is 0.453 e. The van der Waals surface area contributed by atoms with Gasteiger partial charge in [0.15, 0.2) is 17.4 Å². The second kappa shape index (κ2) is 7.53. The first-order valence-electron chi connectivity index (χ1n) is 14.2. The number of furan rings is 1. The Kier molecular flexibility index (Phi) is 3.33. The molecule has 3 nitrogen and oxygen atoms in total. The minimum atomic E-state index is -2.40. The fourth-order valence-corrected chi connectivity index (χ4v) is 4.97. The smallest absolute Gasteiger partial charge is 0.216 e. The van der Waals surface area contributed by atoms with Gasteiger partial charge >= 0.3 is 0 Å². The molecule has 0 atom stereocenters. The second-order valence-corrected chi connectivity index (χ2v) is 8.81. The minimum absolute atomic E-state index is 0.176. The lowest BCUT2D eigenvalue weighted by atomic mass is 9.94. The van der Waals surface area contributed by atoms with Crippen molar-refractivity contribution in [3.8, 4) is 22.4 Å². The monoisotopic (exact) mass is 449 g/mol. The Labute approximate surface area is 207 Å². The topological polar surface area (TPSA) is 29.9 Å². The molecule has 3 aromatic heterocycles. The molecule has 0 aliphatic rings. The van der Waals surface area contributed by atoms with Gasteiger partial charge in [-0.3, -0.25) is 0 Å². The normalized spacial score (nSPS) is 15.0. The van der Waals surface area contributed by atoms with E-state index in [-0.39, 0.29) is 11.1 Å². The zero-order chi connectivity index (χ0) is 28.6. The molecule has 0 aliphatic carbocycles. The van der Waals surface area contributed by atoms with E-state index in [1.165, 1.54) is 0 Å². The number of pyridine rings is 2. The fraction of sp³-hybridized carbons (Fsp3) is 0.161. The Balaban J connectivity index is 1.78. The summed E-state index contributed by atoms with van der Waals surface area (Å²) in [6.45, 7) is -0.975. The molecule has 3 heteroatoms. The molecule has 6 aromatic rings. The van der Waals surface area contributed by atoms with Crippen LogP contribution in [0, 0.1) is 27.6 Å². The van der Waals surface area contributed by atoms with E-state index in [1.54, 1.807) is 23.9 Å². The van der Waals surface area contributed by atoms with Gasteiger partial charge in [-0.15, -0.1) is 0 Å². The van der Waals surface area contributed by atoms with Gasteiger partial charge in [-0.2, -0.15) is 0 Å². The van der Waals surface area contributed by atoms with E-state index in [0.29, 0.717) is 44.5 Å². The Hall–Kier alpha value is -3.98. The molecular weight excluding hydrogens is 416 g/mol. The Morgan fingerprint density at radius 2 is 1.56 bits per heavy atom. The highest BCUT2D eigenvalue weighted by atomic mass is 16.3. The molecule has 0 radical (unpaired) electrons. The highest BCUT2D eigenvalue weighted by molar-refractivity contribution is 6.16. The fourth-order valence-electron chi connectivity index (χ4n) is 4.97. The molecule has 166 valence electrons. The van der Waals surface area contributed by atoms with Crippen LogP contribution in [0.1, 0.15) is 30.6 Å². The lowest BCUT2D eigenvalue weighted by molar-refractivity contribution is -0.660.